The van der Waals surface area contributed by atoms with Gasteiger partial charge in [0, 0.05) is 6.20 Å². The molecule has 0 fully saturated rings. The Balaban J connectivity index is 0.000000509. The normalized spacial score (nSPS) is 8.62. The van der Waals surface area contributed by atoms with Crippen molar-refractivity contribution in [2.24, 2.45) is 0 Å². The largest absolute Gasteiger partial charge is 0.249 e. The Morgan fingerprint density at radius 2 is 1.62 bits per heavy atom. The first kappa shape index (κ1) is 15.4. The summed E-state index contributed by atoms with van der Waals surface area (Å²) >= 11 is 6.54. The lowest BCUT2D eigenvalue weighted by Crippen LogP contribution is -1.86. The second-order valence-corrected chi connectivity index (χ2v) is 3.73. The minimum Gasteiger partial charge on any atom is -0.249 e. The molecule has 0 bridgehead atoms. The topological polar surface area (TPSA) is 38.7 Å². The molecule has 0 aromatic carbocycles. The summed E-state index contributed by atoms with van der Waals surface area (Å²) in [4.78, 5) is 12.4. The van der Waals surface area contributed by atoms with Gasteiger partial charge in [-0.05, 0) is 37.9 Å². The molecule has 3 nitrogen and oxygen atoms in total. The predicted octanol–water partition coefficient (Wildman–Crippen LogP) is 4.60. The third kappa shape index (κ3) is 4.14. The highest BCUT2D eigenvalue weighted by molar-refractivity contribution is 9.10. The zero-order valence-corrected chi connectivity index (χ0v) is 13.0. The van der Waals surface area contributed by atoms with Crippen molar-refractivity contribution in [2.45, 2.75) is 27.7 Å². The molecule has 0 aliphatic rings. The molecule has 0 amide bonds. The molecule has 0 aliphatic carbocycles. The van der Waals surface area contributed by atoms with E-state index < -0.39 is 0 Å². The van der Waals surface area contributed by atoms with Crippen LogP contribution in [0.3, 0.4) is 0 Å². The summed E-state index contributed by atoms with van der Waals surface area (Å²) in [5.74, 6) is 0. The van der Waals surface area contributed by atoms with Crippen molar-refractivity contribution in [3.8, 4) is 0 Å². The fourth-order valence-electron chi connectivity index (χ4n) is 0.890. The second-order valence-electron chi connectivity index (χ2n) is 2.16. The lowest BCUT2D eigenvalue weighted by Gasteiger charge is -1.97. The van der Waals surface area contributed by atoms with E-state index in [9.17, 15) is 0 Å². The van der Waals surface area contributed by atoms with E-state index in [1.165, 1.54) is 0 Å². The number of halogens is 2. The van der Waals surface area contributed by atoms with E-state index in [2.05, 4.69) is 46.8 Å². The Bertz CT molecular complexity index is 432. The smallest absolute Gasteiger partial charge is 0.133 e. The molecule has 0 saturated heterocycles. The van der Waals surface area contributed by atoms with Gasteiger partial charge < -0.3 is 0 Å². The third-order valence-corrected chi connectivity index (χ3v) is 2.35. The number of fused-ring (bicyclic) bond motifs is 1. The van der Waals surface area contributed by atoms with Crippen LogP contribution in [0.5, 0.6) is 0 Å². The Morgan fingerprint density at radius 1 is 1.00 bits per heavy atom. The van der Waals surface area contributed by atoms with Gasteiger partial charge in [0.1, 0.15) is 14.7 Å². The Morgan fingerprint density at radius 3 is 2.25 bits per heavy atom. The van der Waals surface area contributed by atoms with Gasteiger partial charge in [0.05, 0.1) is 11.7 Å². The van der Waals surface area contributed by atoms with Crippen molar-refractivity contribution in [3.63, 3.8) is 0 Å². The van der Waals surface area contributed by atoms with Gasteiger partial charge in [0.2, 0.25) is 0 Å². The lowest BCUT2D eigenvalue weighted by atomic mass is 10.4. The molecule has 2 aromatic heterocycles. The van der Waals surface area contributed by atoms with E-state index >= 15 is 0 Å². The SMILES string of the molecule is Brc1cnc2c(Br)nccc2n1.CC.CC. The van der Waals surface area contributed by atoms with Crippen molar-refractivity contribution >= 4 is 42.9 Å². The first-order chi connectivity index (χ1) is 7.77. The highest BCUT2D eigenvalue weighted by Crippen LogP contribution is 2.18. The van der Waals surface area contributed by atoms with E-state index in [1.54, 1.807) is 12.4 Å². The molecule has 88 valence electrons. The molecule has 16 heavy (non-hydrogen) atoms. The summed E-state index contributed by atoms with van der Waals surface area (Å²) in [7, 11) is 0. The maximum Gasteiger partial charge on any atom is 0.133 e. The number of nitrogens with zero attached hydrogens (tertiary/aromatic N) is 3. The van der Waals surface area contributed by atoms with Crippen LogP contribution in [-0.2, 0) is 0 Å². The van der Waals surface area contributed by atoms with Gasteiger partial charge in [0.25, 0.3) is 0 Å². The summed E-state index contributed by atoms with van der Waals surface area (Å²) < 4.78 is 1.45. The van der Waals surface area contributed by atoms with Crippen LogP contribution in [-0.4, -0.2) is 15.0 Å². The number of hydrogen-bond donors (Lipinski definition) is 0. The van der Waals surface area contributed by atoms with Crippen LogP contribution in [0.1, 0.15) is 27.7 Å². The van der Waals surface area contributed by atoms with E-state index in [0.717, 1.165) is 20.2 Å². The van der Waals surface area contributed by atoms with Crippen molar-refractivity contribution in [3.05, 3.63) is 27.7 Å². The third-order valence-electron chi connectivity index (χ3n) is 1.39. The minimum absolute atomic E-state index is 0.722. The molecule has 2 rings (SSSR count). The zero-order valence-electron chi connectivity index (χ0n) is 9.83. The fraction of sp³-hybridized carbons (Fsp3) is 0.364. The molecule has 0 radical (unpaired) electrons. The molecular formula is C11H15Br2N3. The average molecular weight is 349 g/mol. The average Bonchev–Trinajstić information content (AvgIpc) is 2.34. The molecule has 0 aliphatic heterocycles. The first-order valence-electron chi connectivity index (χ1n) is 5.20. The van der Waals surface area contributed by atoms with Gasteiger partial charge in [-0.15, -0.1) is 0 Å². The van der Waals surface area contributed by atoms with E-state index in [1.807, 2.05) is 33.8 Å². The molecule has 2 aromatic rings. The van der Waals surface area contributed by atoms with Gasteiger partial charge >= 0.3 is 0 Å². The summed E-state index contributed by atoms with van der Waals surface area (Å²) in [6.07, 6.45) is 3.34. The Labute approximate surface area is 113 Å². The summed E-state index contributed by atoms with van der Waals surface area (Å²) in [5.41, 5.74) is 1.60. The van der Waals surface area contributed by atoms with Crippen LogP contribution in [0.15, 0.2) is 27.7 Å². The van der Waals surface area contributed by atoms with Gasteiger partial charge in [0.15, 0.2) is 0 Å². The van der Waals surface area contributed by atoms with Crippen molar-refractivity contribution in [2.75, 3.05) is 0 Å². The molecule has 0 N–H and O–H groups in total. The molecule has 0 saturated carbocycles. The number of aromatic nitrogens is 3. The Hall–Kier alpha value is -0.550. The molecule has 0 atom stereocenters. The van der Waals surface area contributed by atoms with Gasteiger partial charge in [-0.1, -0.05) is 27.7 Å². The number of hydrogen-bond acceptors (Lipinski definition) is 3. The zero-order chi connectivity index (χ0) is 12.6. The van der Waals surface area contributed by atoms with Crippen molar-refractivity contribution in [1.82, 2.24) is 15.0 Å². The second kappa shape index (κ2) is 8.58. The van der Waals surface area contributed by atoms with Crippen LogP contribution in [0.2, 0.25) is 0 Å². The lowest BCUT2D eigenvalue weighted by molar-refractivity contribution is 1.20. The highest BCUT2D eigenvalue weighted by atomic mass is 79.9. The quantitative estimate of drug-likeness (QED) is 0.653. The van der Waals surface area contributed by atoms with Crippen LogP contribution in [0, 0.1) is 0 Å². The maximum atomic E-state index is 4.22. The number of rotatable bonds is 0. The molecule has 2 heterocycles. The van der Waals surface area contributed by atoms with E-state index in [4.69, 9.17) is 0 Å². The Kier molecular flexibility index (Phi) is 8.29. The van der Waals surface area contributed by atoms with Crippen LogP contribution in [0.4, 0.5) is 0 Å². The monoisotopic (exact) mass is 347 g/mol. The summed E-state index contributed by atoms with van der Waals surface area (Å²) in [6.45, 7) is 8.00. The van der Waals surface area contributed by atoms with Gasteiger partial charge in [-0.2, -0.15) is 0 Å². The first-order valence-corrected chi connectivity index (χ1v) is 6.79. The van der Waals surface area contributed by atoms with Crippen LogP contribution >= 0.6 is 31.9 Å². The van der Waals surface area contributed by atoms with Gasteiger partial charge in [-0.3, -0.25) is 0 Å². The van der Waals surface area contributed by atoms with Crippen molar-refractivity contribution in [1.29, 1.82) is 0 Å². The minimum atomic E-state index is 0.722. The molecular weight excluding hydrogens is 334 g/mol. The van der Waals surface area contributed by atoms with Crippen LogP contribution < -0.4 is 0 Å². The van der Waals surface area contributed by atoms with E-state index in [-0.39, 0.29) is 0 Å². The standard InChI is InChI=1S/C7H3Br2N3.2C2H6/c8-5-3-11-6-4(12-5)1-2-10-7(6)9;2*1-2/h1-3H;2*1-2H3. The molecule has 5 heteroatoms. The van der Waals surface area contributed by atoms with Gasteiger partial charge in [-0.25, -0.2) is 15.0 Å². The van der Waals surface area contributed by atoms with Crippen molar-refractivity contribution < 1.29 is 0 Å². The fourth-order valence-corrected chi connectivity index (χ4v) is 1.61. The highest BCUT2D eigenvalue weighted by Gasteiger charge is 2.01. The molecule has 0 spiro atoms. The maximum absolute atomic E-state index is 4.22. The molecule has 0 unspecified atom stereocenters. The van der Waals surface area contributed by atoms with E-state index in [0.29, 0.717) is 0 Å². The summed E-state index contributed by atoms with van der Waals surface area (Å²) in [5, 5.41) is 0. The predicted molar refractivity (Wildman–Crippen MR) is 75.4 cm³/mol. The number of pyridine rings is 1. The van der Waals surface area contributed by atoms with Crippen LogP contribution in [0.25, 0.3) is 11.0 Å². The summed E-state index contributed by atoms with van der Waals surface area (Å²) in [6, 6.07) is 1.82.